The van der Waals surface area contributed by atoms with Gasteiger partial charge >= 0.3 is 0 Å². The van der Waals surface area contributed by atoms with Gasteiger partial charge in [0.25, 0.3) is 0 Å². The summed E-state index contributed by atoms with van der Waals surface area (Å²) in [6.45, 7) is 0.732. The van der Waals surface area contributed by atoms with E-state index in [1.54, 1.807) is 7.11 Å². The van der Waals surface area contributed by atoms with E-state index in [9.17, 15) is 0 Å². The molecule has 76 valence electrons. The van der Waals surface area contributed by atoms with Crippen LogP contribution in [0.25, 0.3) is 0 Å². The highest BCUT2D eigenvalue weighted by atomic mass is 79.9. The molecule has 0 aliphatic carbocycles. The second-order valence-electron chi connectivity index (χ2n) is 3.10. The molecule has 1 unspecified atom stereocenters. The standard InChI is InChI=1S/C10H10Br2O2/c1-13-8-3-2-6(11)9-7(12)4-5-14-10(8)9/h2-3,7H,4-5H2,1H3. The fourth-order valence-corrected chi connectivity index (χ4v) is 3.10. The van der Waals surface area contributed by atoms with Crippen LogP contribution in [0.1, 0.15) is 16.8 Å². The number of hydrogen-bond donors (Lipinski definition) is 0. The molecule has 0 aromatic heterocycles. The SMILES string of the molecule is COc1ccc(Br)c2c1OCCC2Br. The Morgan fingerprint density at radius 2 is 2.29 bits per heavy atom. The van der Waals surface area contributed by atoms with Gasteiger partial charge in [0.15, 0.2) is 11.5 Å². The number of ether oxygens (including phenoxy) is 2. The van der Waals surface area contributed by atoms with E-state index in [-0.39, 0.29) is 0 Å². The molecule has 2 rings (SSSR count). The van der Waals surface area contributed by atoms with Gasteiger partial charge in [0, 0.05) is 14.9 Å². The minimum atomic E-state index is 0.343. The van der Waals surface area contributed by atoms with Crippen LogP contribution in [0.15, 0.2) is 16.6 Å². The summed E-state index contributed by atoms with van der Waals surface area (Å²) in [5.74, 6) is 1.65. The number of fused-ring (bicyclic) bond motifs is 1. The normalized spacial score (nSPS) is 19.8. The Kier molecular flexibility index (Phi) is 3.02. The van der Waals surface area contributed by atoms with Crippen LogP contribution in [-0.4, -0.2) is 13.7 Å². The summed E-state index contributed by atoms with van der Waals surface area (Å²) in [6, 6.07) is 3.90. The first-order chi connectivity index (χ1) is 6.74. The largest absolute Gasteiger partial charge is 0.493 e. The Morgan fingerprint density at radius 1 is 1.50 bits per heavy atom. The topological polar surface area (TPSA) is 18.5 Å². The van der Waals surface area contributed by atoms with Crippen molar-refractivity contribution < 1.29 is 9.47 Å². The minimum Gasteiger partial charge on any atom is -0.493 e. The van der Waals surface area contributed by atoms with E-state index >= 15 is 0 Å². The van der Waals surface area contributed by atoms with Crippen molar-refractivity contribution >= 4 is 31.9 Å². The van der Waals surface area contributed by atoms with E-state index in [1.165, 1.54) is 0 Å². The molecular formula is C10H10Br2O2. The van der Waals surface area contributed by atoms with Crippen molar-refractivity contribution in [3.8, 4) is 11.5 Å². The van der Waals surface area contributed by atoms with Gasteiger partial charge in [0.05, 0.1) is 13.7 Å². The minimum absolute atomic E-state index is 0.343. The van der Waals surface area contributed by atoms with Crippen molar-refractivity contribution in [2.24, 2.45) is 0 Å². The number of alkyl halides is 1. The predicted molar refractivity (Wildman–Crippen MR) is 62.5 cm³/mol. The van der Waals surface area contributed by atoms with Crippen molar-refractivity contribution in [2.75, 3.05) is 13.7 Å². The first-order valence-corrected chi connectivity index (χ1v) is 6.08. The average Bonchev–Trinajstić information content (AvgIpc) is 2.18. The molecule has 1 atom stereocenters. The summed E-state index contributed by atoms with van der Waals surface area (Å²) in [5, 5.41) is 0. The van der Waals surface area contributed by atoms with E-state index in [2.05, 4.69) is 31.9 Å². The van der Waals surface area contributed by atoms with Gasteiger partial charge in [-0.1, -0.05) is 31.9 Å². The lowest BCUT2D eigenvalue weighted by molar-refractivity contribution is 0.268. The van der Waals surface area contributed by atoms with Crippen molar-refractivity contribution in [2.45, 2.75) is 11.2 Å². The summed E-state index contributed by atoms with van der Waals surface area (Å²) < 4.78 is 11.9. The lowest BCUT2D eigenvalue weighted by Gasteiger charge is -2.24. The molecule has 0 saturated carbocycles. The molecule has 1 heterocycles. The molecule has 1 aromatic carbocycles. The Morgan fingerprint density at radius 3 is 3.00 bits per heavy atom. The average molecular weight is 322 g/mol. The summed E-state index contributed by atoms with van der Waals surface area (Å²) in [6.07, 6.45) is 0.985. The maximum atomic E-state index is 5.61. The zero-order chi connectivity index (χ0) is 10.1. The molecule has 1 aliphatic heterocycles. The van der Waals surface area contributed by atoms with Gasteiger partial charge in [-0.05, 0) is 18.6 Å². The zero-order valence-electron chi connectivity index (χ0n) is 7.72. The van der Waals surface area contributed by atoms with Crippen LogP contribution in [0.4, 0.5) is 0 Å². The predicted octanol–water partition coefficient (Wildman–Crippen LogP) is 3.68. The van der Waals surface area contributed by atoms with Gasteiger partial charge in [0.1, 0.15) is 0 Å². The van der Waals surface area contributed by atoms with E-state index in [0.29, 0.717) is 4.83 Å². The van der Waals surface area contributed by atoms with E-state index in [0.717, 1.165) is 34.6 Å². The molecule has 0 bridgehead atoms. The Labute approximate surface area is 99.8 Å². The van der Waals surface area contributed by atoms with E-state index in [4.69, 9.17) is 9.47 Å². The maximum Gasteiger partial charge on any atom is 0.166 e. The summed E-state index contributed by atoms with van der Waals surface area (Å²) in [4.78, 5) is 0.343. The highest BCUT2D eigenvalue weighted by Gasteiger charge is 2.24. The van der Waals surface area contributed by atoms with Crippen LogP contribution < -0.4 is 9.47 Å². The smallest absolute Gasteiger partial charge is 0.166 e. The summed E-state index contributed by atoms with van der Waals surface area (Å²) in [5.41, 5.74) is 1.15. The van der Waals surface area contributed by atoms with Crippen LogP contribution in [0.5, 0.6) is 11.5 Å². The van der Waals surface area contributed by atoms with Gasteiger partial charge in [-0.15, -0.1) is 0 Å². The third-order valence-electron chi connectivity index (χ3n) is 2.26. The fourth-order valence-electron chi connectivity index (χ4n) is 1.57. The number of methoxy groups -OCH3 is 1. The Hall–Kier alpha value is -0.220. The molecule has 0 amide bonds. The first kappa shape index (κ1) is 10.3. The molecule has 0 radical (unpaired) electrons. The van der Waals surface area contributed by atoms with Crippen molar-refractivity contribution in [1.29, 1.82) is 0 Å². The van der Waals surface area contributed by atoms with Crippen LogP contribution in [0.3, 0.4) is 0 Å². The lowest BCUT2D eigenvalue weighted by Crippen LogP contribution is -2.12. The van der Waals surface area contributed by atoms with Crippen molar-refractivity contribution in [3.05, 3.63) is 22.2 Å². The fraction of sp³-hybridized carbons (Fsp3) is 0.400. The molecule has 2 nitrogen and oxygen atoms in total. The van der Waals surface area contributed by atoms with Gasteiger partial charge in [0.2, 0.25) is 0 Å². The second kappa shape index (κ2) is 4.11. The van der Waals surface area contributed by atoms with E-state index < -0.39 is 0 Å². The number of benzene rings is 1. The number of rotatable bonds is 1. The molecule has 0 saturated heterocycles. The van der Waals surface area contributed by atoms with Gasteiger partial charge in [-0.2, -0.15) is 0 Å². The van der Waals surface area contributed by atoms with Crippen LogP contribution in [0.2, 0.25) is 0 Å². The lowest BCUT2D eigenvalue weighted by atomic mass is 10.1. The highest BCUT2D eigenvalue weighted by molar-refractivity contribution is 9.11. The second-order valence-corrected chi connectivity index (χ2v) is 5.06. The molecular weight excluding hydrogens is 312 g/mol. The third kappa shape index (κ3) is 1.65. The molecule has 0 spiro atoms. The third-order valence-corrected chi connectivity index (χ3v) is 3.86. The Bertz CT molecular complexity index is 352. The van der Waals surface area contributed by atoms with Gasteiger partial charge in [-0.25, -0.2) is 0 Å². The number of halogens is 2. The molecule has 0 fully saturated rings. The summed E-state index contributed by atoms with van der Waals surface area (Å²) >= 11 is 7.16. The highest BCUT2D eigenvalue weighted by Crippen LogP contribution is 2.46. The Balaban J connectivity index is 2.57. The van der Waals surface area contributed by atoms with Crippen molar-refractivity contribution in [3.63, 3.8) is 0 Å². The van der Waals surface area contributed by atoms with Crippen LogP contribution in [-0.2, 0) is 0 Å². The van der Waals surface area contributed by atoms with Gasteiger partial charge < -0.3 is 9.47 Å². The first-order valence-electron chi connectivity index (χ1n) is 4.37. The number of hydrogen-bond acceptors (Lipinski definition) is 2. The molecule has 14 heavy (non-hydrogen) atoms. The van der Waals surface area contributed by atoms with E-state index in [1.807, 2.05) is 12.1 Å². The zero-order valence-corrected chi connectivity index (χ0v) is 10.9. The van der Waals surface area contributed by atoms with Gasteiger partial charge in [-0.3, -0.25) is 0 Å². The molecule has 0 N–H and O–H groups in total. The molecule has 1 aliphatic rings. The quantitative estimate of drug-likeness (QED) is 0.735. The van der Waals surface area contributed by atoms with Crippen LogP contribution in [0, 0.1) is 0 Å². The van der Waals surface area contributed by atoms with Crippen LogP contribution >= 0.6 is 31.9 Å². The monoisotopic (exact) mass is 320 g/mol. The molecule has 4 heteroatoms. The molecule has 1 aromatic rings. The van der Waals surface area contributed by atoms with Crippen molar-refractivity contribution in [1.82, 2.24) is 0 Å². The summed E-state index contributed by atoms with van der Waals surface area (Å²) in [7, 11) is 1.66. The maximum absolute atomic E-state index is 5.61.